The van der Waals surface area contributed by atoms with Gasteiger partial charge in [0.25, 0.3) is 5.91 Å². The molecular weight excluding hydrogens is 304 g/mol. The lowest BCUT2D eigenvalue weighted by Crippen LogP contribution is -2.26. The van der Waals surface area contributed by atoms with Crippen LogP contribution in [0.4, 0.5) is 0 Å². The molecule has 5 heteroatoms. The second-order valence-electron chi connectivity index (χ2n) is 4.75. The number of pyridine rings is 1. The van der Waals surface area contributed by atoms with Crippen molar-refractivity contribution >= 4 is 39.7 Å². The molecule has 0 aliphatic heterocycles. The number of carbonyl (C=O) groups excluding carboxylic acids is 1. The summed E-state index contributed by atoms with van der Waals surface area (Å²) in [6, 6.07) is 13.2. The summed E-state index contributed by atoms with van der Waals surface area (Å²) in [4.78, 5) is 19.8. The maximum atomic E-state index is 12.7. The third-order valence-electron chi connectivity index (χ3n) is 3.24. The number of aromatic nitrogens is 1. The van der Waals surface area contributed by atoms with Gasteiger partial charge in [0.1, 0.15) is 5.15 Å². The highest BCUT2D eigenvalue weighted by atomic mass is 35.5. The van der Waals surface area contributed by atoms with Crippen molar-refractivity contribution < 1.29 is 4.79 Å². The molecule has 106 valence electrons. The lowest BCUT2D eigenvalue weighted by molar-refractivity contribution is 0.0788. The van der Waals surface area contributed by atoms with E-state index in [9.17, 15) is 4.79 Å². The number of carbonyl (C=O) groups is 1. The molecule has 0 N–H and O–H groups in total. The Kier molecular flexibility index (Phi) is 3.90. The van der Waals surface area contributed by atoms with E-state index >= 15 is 0 Å². The van der Waals surface area contributed by atoms with Crippen LogP contribution in [0.25, 0.3) is 10.9 Å². The smallest absolute Gasteiger partial charge is 0.254 e. The Morgan fingerprint density at radius 1 is 1.29 bits per heavy atom. The standard InChI is InChI=1S/C16H13ClN2OS/c1-19(10-11-5-4-8-21-11)16(20)13-9-15(17)18-14-7-3-2-6-12(13)14/h2-9H,10H2,1H3. The van der Waals surface area contributed by atoms with Gasteiger partial charge in [-0.25, -0.2) is 4.98 Å². The van der Waals surface area contributed by atoms with Crippen LogP contribution in [0.2, 0.25) is 5.15 Å². The van der Waals surface area contributed by atoms with E-state index in [-0.39, 0.29) is 5.91 Å². The van der Waals surface area contributed by atoms with Gasteiger partial charge in [-0.2, -0.15) is 0 Å². The highest BCUT2D eigenvalue weighted by molar-refractivity contribution is 7.09. The van der Waals surface area contributed by atoms with Crippen molar-refractivity contribution in [3.8, 4) is 0 Å². The van der Waals surface area contributed by atoms with Crippen molar-refractivity contribution in [2.75, 3.05) is 7.05 Å². The monoisotopic (exact) mass is 316 g/mol. The molecule has 2 heterocycles. The molecule has 0 aliphatic carbocycles. The first kappa shape index (κ1) is 14.0. The fourth-order valence-corrected chi connectivity index (χ4v) is 3.19. The van der Waals surface area contributed by atoms with Crippen molar-refractivity contribution in [1.82, 2.24) is 9.88 Å². The quantitative estimate of drug-likeness (QED) is 0.678. The first-order valence-electron chi connectivity index (χ1n) is 6.48. The molecule has 0 unspecified atom stereocenters. The van der Waals surface area contributed by atoms with Crippen LogP contribution in [0.1, 0.15) is 15.2 Å². The van der Waals surface area contributed by atoms with E-state index in [1.165, 1.54) is 0 Å². The summed E-state index contributed by atoms with van der Waals surface area (Å²) in [5.74, 6) is -0.0519. The second kappa shape index (κ2) is 5.84. The average Bonchev–Trinajstić information content (AvgIpc) is 2.98. The van der Waals surface area contributed by atoms with Crippen LogP contribution in [0.15, 0.2) is 47.8 Å². The topological polar surface area (TPSA) is 33.2 Å². The molecule has 0 saturated heterocycles. The van der Waals surface area contributed by atoms with Crippen LogP contribution in [-0.4, -0.2) is 22.8 Å². The Balaban J connectivity index is 1.97. The Labute approximate surface area is 131 Å². The molecule has 1 aromatic carbocycles. The van der Waals surface area contributed by atoms with E-state index in [0.29, 0.717) is 17.3 Å². The predicted molar refractivity (Wildman–Crippen MR) is 86.9 cm³/mol. The summed E-state index contributed by atoms with van der Waals surface area (Å²) in [5, 5.41) is 3.17. The number of amides is 1. The molecular formula is C16H13ClN2OS. The second-order valence-corrected chi connectivity index (χ2v) is 6.17. The number of nitrogens with zero attached hydrogens (tertiary/aromatic N) is 2. The van der Waals surface area contributed by atoms with Gasteiger partial charge in [-0.05, 0) is 23.6 Å². The number of hydrogen-bond donors (Lipinski definition) is 0. The molecule has 0 spiro atoms. The largest absolute Gasteiger partial charge is 0.337 e. The van der Waals surface area contributed by atoms with E-state index < -0.39 is 0 Å². The van der Waals surface area contributed by atoms with E-state index in [0.717, 1.165) is 15.8 Å². The van der Waals surface area contributed by atoms with Gasteiger partial charge in [0, 0.05) is 17.3 Å². The summed E-state index contributed by atoms with van der Waals surface area (Å²) in [7, 11) is 1.80. The number of benzene rings is 1. The molecule has 1 amide bonds. The lowest BCUT2D eigenvalue weighted by atomic mass is 10.1. The van der Waals surface area contributed by atoms with Crippen molar-refractivity contribution in [2.24, 2.45) is 0 Å². The fourth-order valence-electron chi connectivity index (χ4n) is 2.23. The summed E-state index contributed by atoms with van der Waals surface area (Å²) >= 11 is 7.67. The predicted octanol–water partition coefficient (Wildman–Crippen LogP) is 4.22. The van der Waals surface area contributed by atoms with Gasteiger partial charge in [0.05, 0.1) is 17.6 Å². The fraction of sp³-hybridized carbons (Fsp3) is 0.125. The van der Waals surface area contributed by atoms with Gasteiger partial charge in [0.15, 0.2) is 0 Å². The van der Waals surface area contributed by atoms with Crippen molar-refractivity contribution in [3.05, 3.63) is 63.4 Å². The minimum Gasteiger partial charge on any atom is -0.337 e. The summed E-state index contributed by atoms with van der Waals surface area (Å²) in [6.07, 6.45) is 0. The average molecular weight is 317 g/mol. The normalized spacial score (nSPS) is 10.8. The summed E-state index contributed by atoms with van der Waals surface area (Å²) < 4.78 is 0. The van der Waals surface area contributed by atoms with Gasteiger partial charge in [-0.1, -0.05) is 35.9 Å². The third-order valence-corrected chi connectivity index (χ3v) is 4.29. The number of halogens is 1. The van der Waals surface area contributed by atoms with Gasteiger partial charge >= 0.3 is 0 Å². The highest BCUT2D eigenvalue weighted by Gasteiger charge is 2.16. The van der Waals surface area contributed by atoms with E-state index in [1.807, 2.05) is 41.8 Å². The highest BCUT2D eigenvalue weighted by Crippen LogP contribution is 2.23. The zero-order valence-corrected chi connectivity index (χ0v) is 13.0. The van der Waals surface area contributed by atoms with Crippen molar-refractivity contribution in [3.63, 3.8) is 0 Å². The molecule has 3 nitrogen and oxygen atoms in total. The van der Waals surface area contributed by atoms with E-state index in [4.69, 9.17) is 11.6 Å². The maximum absolute atomic E-state index is 12.7. The van der Waals surface area contributed by atoms with Gasteiger partial charge in [-0.3, -0.25) is 4.79 Å². The minimum absolute atomic E-state index is 0.0519. The molecule has 0 saturated carbocycles. The lowest BCUT2D eigenvalue weighted by Gasteiger charge is -2.17. The van der Waals surface area contributed by atoms with Crippen LogP contribution >= 0.6 is 22.9 Å². The van der Waals surface area contributed by atoms with Crippen LogP contribution < -0.4 is 0 Å². The minimum atomic E-state index is -0.0519. The number of para-hydroxylation sites is 1. The summed E-state index contributed by atoms with van der Waals surface area (Å²) in [5.41, 5.74) is 1.32. The maximum Gasteiger partial charge on any atom is 0.254 e. The number of thiophene rings is 1. The third kappa shape index (κ3) is 2.91. The molecule has 2 aromatic heterocycles. The molecule has 3 rings (SSSR count). The molecule has 0 aliphatic rings. The molecule has 3 aromatic rings. The van der Waals surface area contributed by atoms with Gasteiger partial charge in [-0.15, -0.1) is 11.3 Å². The van der Waals surface area contributed by atoms with Crippen molar-refractivity contribution in [1.29, 1.82) is 0 Å². The van der Waals surface area contributed by atoms with Crippen LogP contribution in [0.5, 0.6) is 0 Å². The zero-order chi connectivity index (χ0) is 14.8. The Hall–Kier alpha value is -1.91. The SMILES string of the molecule is CN(Cc1cccs1)C(=O)c1cc(Cl)nc2ccccc12. The molecule has 0 atom stereocenters. The summed E-state index contributed by atoms with van der Waals surface area (Å²) in [6.45, 7) is 0.588. The first-order chi connectivity index (χ1) is 10.1. The van der Waals surface area contributed by atoms with Crippen LogP contribution in [-0.2, 0) is 6.54 Å². The van der Waals surface area contributed by atoms with Crippen molar-refractivity contribution in [2.45, 2.75) is 6.54 Å². The van der Waals surface area contributed by atoms with E-state index in [1.54, 1.807) is 29.4 Å². The Morgan fingerprint density at radius 3 is 2.86 bits per heavy atom. The van der Waals surface area contributed by atoms with Crippen LogP contribution in [0, 0.1) is 0 Å². The molecule has 0 radical (unpaired) electrons. The van der Waals surface area contributed by atoms with E-state index in [2.05, 4.69) is 4.98 Å². The first-order valence-corrected chi connectivity index (χ1v) is 7.74. The van der Waals surface area contributed by atoms with Gasteiger partial charge in [0.2, 0.25) is 0 Å². The van der Waals surface area contributed by atoms with Crippen LogP contribution in [0.3, 0.4) is 0 Å². The Bertz CT molecular complexity index is 786. The molecule has 0 fully saturated rings. The molecule has 0 bridgehead atoms. The Morgan fingerprint density at radius 2 is 2.10 bits per heavy atom. The number of rotatable bonds is 3. The number of fused-ring (bicyclic) bond motifs is 1. The zero-order valence-electron chi connectivity index (χ0n) is 11.4. The molecule has 21 heavy (non-hydrogen) atoms. The number of hydrogen-bond acceptors (Lipinski definition) is 3. The van der Waals surface area contributed by atoms with Gasteiger partial charge < -0.3 is 4.90 Å².